The number of alkyl halides is 3. The molecule has 0 fully saturated rings. The number of carbonyl (C=O) groups excluding carboxylic acids is 1. The van der Waals surface area contributed by atoms with Gasteiger partial charge in [0.15, 0.2) is 0 Å². The minimum absolute atomic E-state index is 0.0606. The first-order chi connectivity index (χ1) is 11.7. The number of nitrogens with zero attached hydrogens (tertiary/aromatic N) is 4. The molecule has 0 aliphatic heterocycles. The fourth-order valence-electron chi connectivity index (χ4n) is 2.49. The van der Waals surface area contributed by atoms with Gasteiger partial charge in [0.1, 0.15) is 17.3 Å². The normalized spacial score (nSPS) is 12.9. The van der Waals surface area contributed by atoms with E-state index in [1.807, 2.05) is 18.4 Å². The van der Waals surface area contributed by atoms with E-state index in [4.69, 9.17) is 0 Å². The highest BCUT2D eigenvalue weighted by molar-refractivity contribution is 5.76. The molecular formula is C16H20F3N5O. The fourth-order valence-corrected chi connectivity index (χ4v) is 2.49. The van der Waals surface area contributed by atoms with Crippen molar-refractivity contribution in [2.45, 2.75) is 45.8 Å². The van der Waals surface area contributed by atoms with Gasteiger partial charge in [-0.1, -0.05) is 0 Å². The van der Waals surface area contributed by atoms with Crippen molar-refractivity contribution in [3.63, 3.8) is 0 Å². The summed E-state index contributed by atoms with van der Waals surface area (Å²) in [4.78, 5) is 23.6. The first-order valence-electron chi connectivity index (χ1n) is 7.84. The van der Waals surface area contributed by atoms with Crippen LogP contribution in [0.3, 0.4) is 0 Å². The number of aryl methyl sites for hydroxylation is 2. The van der Waals surface area contributed by atoms with Crippen LogP contribution in [0, 0.1) is 13.8 Å². The molecule has 6 nitrogen and oxygen atoms in total. The first kappa shape index (κ1) is 18.9. The van der Waals surface area contributed by atoms with E-state index in [1.165, 1.54) is 6.92 Å². The number of aromatic nitrogens is 4. The first-order valence-corrected chi connectivity index (χ1v) is 7.84. The van der Waals surface area contributed by atoms with Gasteiger partial charge in [-0.2, -0.15) is 13.2 Å². The molecule has 0 unspecified atom stereocenters. The predicted molar refractivity (Wildman–Crippen MR) is 84.8 cm³/mol. The molecule has 0 spiro atoms. The lowest BCUT2D eigenvalue weighted by molar-refractivity contribution is -0.141. The molecule has 0 bridgehead atoms. The maximum Gasteiger partial charge on any atom is 0.433 e. The maximum absolute atomic E-state index is 12.7. The minimum atomic E-state index is -4.51. The average Bonchev–Trinajstić information content (AvgIpc) is 2.92. The third-order valence-corrected chi connectivity index (χ3v) is 3.68. The fraction of sp³-hybridized carbons (Fsp3) is 0.500. The molecule has 1 amide bonds. The van der Waals surface area contributed by atoms with E-state index < -0.39 is 11.9 Å². The molecule has 136 valence electrons. The third kappa shape index (κ3) is 5.27. The van der Waals surface area contributed by atoms with Crippen LogP contribution in [0.15, 0.2) is 18.5 Å². The van der Waals surface area contributed by atoms with Crippen LogP contribution in [0.4, 0.5) is 13.2 Å². The Hall–Kier alpha value is -2.45. The molecule has 0 aliphatic rings. The van der Waals surface area contributed by atoms with Crippen molar-refractivity contribution in [3.8, 4) is 0 Å². The van der Waals surface area contributed by atoms with E-state index >= 15 is 0 Å². The number of nitrogens with one attached hydrogen (secondary N) is 1. The van der Waals surface area contributed by atoms with Gasteiger partial charge in [-0.15, -0.1) is 0 Å². The number of hydrogen-bond donors (Lipinski definition) is 1. The molecule has 0 radical (unpaired) electrons. The summed E-state index contributed by atoms with van der Waals surface area (Å²) in [5.74, 6) is 0.684. The average molecular weight is 355 g/mol. The summed E-state index contributed by atoms with van der Waals surface area (Å²) >= 11 is 0. The van der Waals surface area contributed by atoms with Crippen LogP contribution < -0.4 is 5.32 Å². The molecule has 0 saturated carbocycles. The number of rotatable bonds is 6. The van der Waals surface area contributed by atoms with Gasteiger partial charge in [0.25, 0.3) is 0 Å². The highest BCUT2D eigenvalue weighted by Crippen LogP contribution is 2.27. The smallest absolute Gasteiger partial charge is 0.356 e. The second kappa shape index (κ2) is 7.62. The molecular weight excluding hydrogens is 335 g/mol. The van der Waals surface area contributed by atoms with Crippen LogP contribution in [0.5, 0.6) is 0 Å². The molecule has 2 rings (SSSR count). The van der Waals surface area contributed by atoms with Crippen molar-refractivity contribution in [1.82, 2.24) is 24.8 Å². The van der Waals surface area contributed by atoms with E-state index in [0.717, 1.165) is 11.9 Å². The topological polar surface area (TPSA) is 72.7 Å². The van der Waals surface area contributed by atoms with Crippen LogP contribution in [0.2, 0.25) is 0 Å². The van der Waals surface area contributed by atoms with Crippen molar-refractivity contribution in [1.29, 1.82) is 0 Å². The van der Waals surface area contributed by atoms with Gasteiger partial charge >= 0.3 is 6.18 Å². The monoisotopic (exact) mass is 355 g/mol. The summed E-state index contributed by atoms with van der Waals surface area (Å²) in [6.07, 6.45) is -0.665. The molecule has 9 heteroatoms. The Bertz CT molecular complexity index is 742. The maximum atomic E-state index is 12.7. The Kier molecular flexibility index (Phi) is 5.76. The van der Waals surface area contributed by atoms with E-state index in [9.17, 15) is 18.0 Å². The van der Waals surface area contributed by atoms with Gasteiger partial charge in [0, 0.05) is 43.5 Å². The van der Waals surface area contributed by atoms with Gasteiger partial charge in [0.05, 0.1) is 0 Å². The summed E-state index contributed by atoms with van der Waals surface area (Å²) in [7, 11) is 0. The summed E-state index contributed by atoms with van der Waals surface area (Å²) in [5.41, 5.74) is -0.724. The molecule has 0 aromatic carbocycles. The van der Waals surface area contributed by atoms with Crippen LogP contribution >= 0.6 is 0 Å². The van der Waals surface area contributed by atoms with E-state index in [0.29, 0.717) is 0 Å². The lowest BCUT2D eigenvalue weighted by Gasteiger charge is -2.15. The standard InChI is InChI=1S/C16H20F3N5O/c1-10-8-13(16(17,18)19)23-14(22-10)4-5-21-15(25)9-11(2)24-7-6-20-12(24)3/h6-8,11H,4-5,9H2,1-3H3,(H,21,25)/t11-/m1/s1. The molecule has 2 aromatic rings. The van der Waals surface area contributed by atoms with E-state index in [-0.39, 0.29) is 42.9 Å². The highest BCUT2D eigenvalue weighted by Gasteiger charge is 2.33. The van der Waals surface area contributed by atoms with Gasteiger partial charge < -0.3 is 9.88 Å². The number of halogens is 3. The van der Waals surface area contributed by atoms with Crippen LogP contribution in [-0.2, 0) is 17.4 Å². The summed E-state index contributed by atoms with van der Waals surface area (Å²) in [5, 5.41) is 2.69. The lowest BCUT2D eigenvalue weighted by Crippen LogP contribution is -2.28. The zero-order chi connectivity index (χ0) is 18.6. The van der Waals surface area contributed by atoms with E-state index in [1.54, 1.807) is 12.4 Å². The number of amides is 1. The third-order valence-electron chi connectivity index (χ3n) is 3.68. The van der Waals surface area contributed by atoms with Crippen molar-refractivity contribution >= 4 is 5.91 Å². The van der Waals surface area contributed by atoms with Gasteiger partial charge in [-0.3, -0.25) is 4.79 Å². The Morgan fingerprint density at radius 1 is 1.32 bits per heavy atom. The lowest BCUT2D eigenvalue weighted by atomic mass is 10.2. The van der Waals surface area contributed by atoms with Crippen LogP contribution in [0.1, 0.15) is 42.4 Å². The van der Waals surface area contributed by atoms with Gasteiger partial charge in [-0.05, 0) is 26.8 Å². The molecule has 25 heavy (non-hydrogen) atoms. The van der Waals surface area contributed by atoms with Crippen LogP contribution in [-0.4, -0.2) is 32.0 Å². The quantitative estimate of drug-likeness (QED) is 0.865. The van der Waals surface area contributed by atoms with Crippen molar-refractivity contribution in [3.05, 3.63) is 41.5 Å². The largest absolute Gasteiger partial charge is 0.433 e. The van der Waals surface area contributed by atoms with Crippen molar-refractivity contribution in [2.75, 3.05) is 6.54 Å². The van der Waals surface area contributed by atoms with Crippen molar-refractivity contribution < 1.29 is 18.0 Å². The summed E-state index contributed by atoms with van der Waals surface area (Å²) < 4.78 is 40.1. The number of imidazole rings is 1. The van der Waals surface area contributed by atoms with Crippen LogP contribution in [0.25, 0.3) is 0 Å². The second-order valence-electron chi connectivity index (χ2n) is 5.84. The summed E-state index contributed by atoms with van der Waals surface area (Å²) in [6.45, 7) is 5.40. The zero-order valence-electron chi connectivity index (χ0n) is 14.3. The minimum Gasteiger partial charge on any atom is -0.356 e. The number of hydrogen-bond acceptors (Lipinski definition) is 4. The van der Waals surface area contributed by atoms with Crippen molar-refractivity contribution in [2.24, 2.45) is 0 Å². The SMILES string of the molecule is Cc1cc(C(F)(F)F)nc(CCNC(=O)C[C@@H](C)n2ccnc2C)n1. The summed E-state index contributed by atoms with van der Waals surface area (Å²) in [6, 6.07) is 0.839. The second-order valence-corrected chi connectivity index (χ2v) is 5.84. The molecule has 2 aromatic heterocycles. The Morgan fingerprint density at radius 2 is 2.04 bits per heavy atom. The Morgan fingerprint density at radius 3 is 2.64 bits per heavy atom. The molecule has 0 aliphatic carbocycles. The van der Waals surface area contributed by atoms with Gasteiger partial charge in [0.2, 0.25) is 5.91 Å². The van der Waals surface area contributed by atoms with E-state index in [2.05, 4.69) is 20.3 Å². The molecule has 1 N–H and O–H groups in total. The predicted octanol–water partition coefficient (Wildman–Crippen LogP) is 2.62. The molecule has 1 atom stereocenters. The number of carbonyl (C=O) groups is 1. The Balaban J connectivity index is 1.87. The molecule has 2 heterocycles. The highest BCUT2D eigenvalue weighted by atomic mass is 19.4. The van der Waals surface area contributed by atoms with Gasteiger partial charge in [-0.25, -0.2) is 15.0 Å². The molecule has 0 saturated heterocycles. The zero-order valence-corrected chi connectivity index (χ0v) is 14.3. The Labute approximate surface area is 143 Å².